The molecule has 0 spiro atoms. The van der Waals surface area contributed by atoms with Gasteiger partial charge >= 0.3 is 0 Å². The van der Waals surface area contributed by atoms with Gasteiger partial charge in [-0.05, 0) is 18.6 Å². The van der Waals surface area contributed by atoms with Crippen LogP contribution in [-0.2, 0) is 4.79 Å². The summed E-state index contributed by atoms with van der Waals surface area (Å²) >= 11 is 0. The van der Waals surface area contributed by atoms with E-state index in [4.69, 9.17) is 10.5 Å². The molecule has 2 heterocycles. The molecule has 1 unspecified atom stereocenters. The summed E-state index contributed by atoms with van der Waals surface area (Å²) in [7, 11) is 1.53. The maximum absolute atomic E-state index is 12.6. The van der Waals surface area contributed by atoms with E-state index in [-0.39, 0.29) is 17.9 Å². The smallest absolute Gasteiger partial charge is 0.256 e. The Kier molecular flexibility index (Phi) is 3.45. The fraction of sp³-hybridized carbons (Fsp3) is 0.467. The van der Waals surface area contributed by atoms with Crippen LogP contribution < -0.4 is 10.5 Å². The molecule has 2 N–H and O–H groups in total. The first-order chi connectivity index (χ1) is 10.1. The SMILES string of the molecule is COc1cccc(C(=O)N2CCN3C(=O)CCC3C2)c1N. The molecule has 2 saturated heterocycles. The first-order valence-corrected chi connectivity index (χ1v) is 7.13. The first kappa shape index (κ1) is 13.7. The minimum Gasteiger partial charge on any atom is -0.495 e. The highest BCUT2D eigenvalue weighted by atomic mass is 16.5. The minimum atomic E-state index is -0.0922. The highest BCUT2D eigenvalue weighted by molar-refractivity contribution is 6.00. The number of para-hydroxylation sites is 1. The largest absolute Gasteiger partial charge is 0.495 e. The molecule has 0 bridgehead atoms. The summed E-state index contributed by atoms with van der Waals surface area (Å²) in [5.74, 6) is 0.619. The molecule has 0 radical (unpaired) electrons. The molecule has 2 aliphatic rings. The molecule has 2 amide bonds. The fourth-order valence-corrected chi connectivity index (χ4v) is 3.13. The number of anilines is 1. The number of benzene rings is 1. The van der Waals surface area contributed by atoms with E-state index in [0.717, 1.165) is 6.42 Å². The molecule has 1 aromatic carbocycles. The van der Waals surface area contributed by atoms with Crippen LogP contribution >= 0.6 is 0 Å². The number of fused-ring (bicyclic) bond motifs is 1. The summed E-state index contributed by atoms with van der Waals surface area (Å²) in [4.78, 5) is 28.0. The number of nitrogens with two attached hydrogens (primary N) is 1. The third-order valence-corrected chi connectivity index (χ3v) is 4.30. The number of carbonyl (C=O) groups is 2. The van der Waals surface area contributed by atoms with Crippen molar-refractivity contribution in [2.75, 3.05) is 32.5 Å². The molecular formula is C15H19N3O3. The maximum atomic E-state index is 12.6. The summed E-state index contributed by atoms with van der Waals surface area (Å²) in [6.07, 6.45) is 1.42. The van der Waals surface area contributed by atoms with Crippen molar-refractivity contribution in [3.63, 3.8) is 0 Å². The Morgan fingerprint density at radius 1 is 1.38 bits per heavy atom. The van der Waals surface area contributed by atoms with Crippen molar-refractivity contribution in [1.82, 2.24) is 9.80 Å². The first-order valence-electron chi connectivity index (χ1n) is 7.13. The number of amides is 2. The number of ether oxygens (including phenoxy) is 1. The van der Waals surface area contributed by atoms with Gasteiger partial charge in [-0.1, -0.05) is 6.07 Å². The van der Waals surface area contributed by atoms with E-state index < -0.39 is 0 Å². The van der Waals surface area contributed by atoms with Crippen molar-refractivity contribution >= 4 is 17.5 Å². The second kappa shape index (κ2) is 5.27. The Hall–Kier alpha value is -2.24. The van der Waals surface area contributed by atoms with E-state index in [9.17, 15) is 9.59 Å². The second-order valence-electron chi connectivity index (χ2n) is 5.45. The number of nitrogen functional groups attached to an aromatic ring is 1. The van der Waals surface area contributed by atoms with Gasteiger partial charge in [-0.2, -0.15) is 0 Å². The van der Waals surface area contributed by atoms with Crippen LogP contribution in [0.25, 0.3) is 0 Å². The molecule has 21 heavy (non-hydrogen) atoms. The van der Waals surface area contributed by atoms with Crippen molar-refractivity contribution in [2.45, 2.75) is 18.9 Å². The number of carbonyl (C=O) groups excluding carboxylic acids is 2. The van der Waals surface area contributed by atoms with Crippen molar-refractivity contribution in [1.29, 1.82) is 0 Å². The number of hydrogen-bond acceptors (Lipinski definition) is 4. The van der Waals surface area contributed by atoms with Crippen LogP contribution in [0.2, 0.25) is 0 Å². The van der Waals surface area contributed by atoms with Gasteiger partial charge in [0.1, 0.15) is 5.75 Å². The molecule has 0 saturated carbocycles. The van der Waals surface area contributed by atoms with Gasteiger partial charge in [0.05, 0.1) is 18.4 Å². The van der Waals surface area contributed by atoms with Gasteiger partial charge in [-0.25, -0.2) is 0 Å². The Morgan fingerprint density at radius 3 is 2.95 bits per heavy atom. The van der Waals surface area contributed by atoms with E-state index in [1.54, 1.807) is 23.1 Å². The molecule has 6 nitrogen and oxygen atoms in total. The Morgan fingerprint density at radius 2 is 2.19 bits per heavy atom. The zero-order chi connectivity index (χ0) is 15.0. The molecule has 1 aromatic rings. The molecule has 112 valence electrons. The second-order valence-corrected chi connectivity index (χ2v) is 5.45. The molecular weight excluding hydrogens is 270 g/mol. The number of hydrogen-bond donors (Lipinski definition) is 1. The van der Waals surface area contributed by atoms with E-state index in [2.05, 4.69) is 0 Å². The Bertz CT molecular complexity index is 588. The minimum absolute atomic E-state index is 0.0922. The fourth-order valence-electron chi connectivity index (χ4n) is 3.13. The zero-order valence-corrected chi connectivity index (χ0v) is 12.0. The van der Waals surface area contributed by atoms with E-state index in [1.807, 2.05) is 4.90 Å². The summed E-state index contributed by atoms with van der Waals surface area (Å²) in [5.41, 5.74) is 6.83. The van der Waals surface area contributed by atoms with E-state index >= 15 is 0 Å². The molecule has 2 fully saturated rings. The monoisotopic (exact) mass is 289 g/mol. The van der Waals surface area contributed by atoms with Gasteiger partial charge in [0, 0.05) is 32.1 Å². The van der Waals surface area contributed by atoms with E-state index in [0.29, 0.717) is 43.1 Å². The quantitative estimate of drug-likeness (QED) is 0.814. The molecule has 3 rings (SSSR count). The van der Waals surface area contributed by atoms with Gasteiger partial charge in [0.25, 0.3) is 5.91 Å². The average Bonchev–Trinajstić information content (AvgIpc) is 2.88. The lowest BCUT2D eigenvalue weighted by Gasteiger charge is -2.37. The van der Waals surface area contributed by atoms with Crippen LogP contribution in [0, 0.1) is 0 Å². The third-order valence-electron chi connectivity index (χ3n) is 4.30. The standard InChI is InChI=1S/C15H19N3O3/c1-21-12-4-2-3-11(14(12)16)15(20)17-7-8-18-10(9-17)5-6-13(18)19/h2-4,10H,5-9,16H2,1H3. The molecule has 6 heteroatoms. The summed E-state index contributed by atoms with van der Waals surface area (Å²) < 4.78 is 5.16. The lowest BCUT2D eigenvalue weighted by Crippen LogP contribution is -2.53. The van der Waals surface area contributed by atoms with E-state index in [1.165, 1.54) is 7.11 Å². The van der Waals surface area contributed by atoms with Crippen LogP contribution in [0.3, 0.4) is 0 Å². The normalized spacial score (nSPS) is 21.4. The summed E-state index contributed by atoms with van der Waals surface area (Å²) in [6.45, 7) is 1.75. The highest BCUT2D eigenvalue weighted by Gasteiger charge is 2.37. The molecule has 2 aliphatic heterocycles. The number of piperazine rings is 1. The molecule has 1 atom stereocenters. The van der Waals surface area contributed by atoms with Gasteiger partial charge in [-0.15, -0.1) is 0 Å². The van der Waals surface area contributed by atoms with Gasteiger partial charge in [0.2, 0.25) is 5.91 Å². The lowest BCUT2D eigenvalue weighted by molar-refractivity contribution is -0.130. The van der Waals surface area contributed by atoms with Crippen LogP contribution in [0.15, 0.2) is 18.2 Å². The number of methoxy groups -OCH3 is 1. The lowest BCUT2D eigenvalue weighted by atomic mass is 10.1. The van der Waals surface area contributed by atoms with Gasteiger partial charge in [-0.3, -0.25) is 9.59 Å². The predicted octanol–water partition coefficient (Wildman–Crippen LogP) is 0.724. The molecule has 0 aliphatic carbocycles. The maximum Gasteiger partial charge on any atom is 0.256 e. The van der Waals surface area contributed by atoms with Crippen molar-refractivity contribution in [3.05, 3.63) is 23.8 Å². The zero-order valence-electron chi connectivity index (χ0n) is 12.0. The van der Waals surface area contributed by atoms with Gasteiger partial charge in [0.15, 0.2) is 0 Å². The topological polar surface area (TPSA) is 75.9 Å². The van der Waals surface area contributed by atoms with Crippen LogP contribution in [0.5, 0.6) is 5.75 Å². The van der Waals surface area contributed by atoms with Crippen LogP contribution in [0.1, 0.15) is 23.2 Å². The summed E-state index contributed by atoms with van der Waals surface area (Å²) in [6, 6.07) is 5.37. The third kappa shape index (κ3) is 2.30. The van der Waals surface area contributed by atoms with Crippen molar-refractivity contribution < 1.29 is 14.3 Å². The average molecular weight is 289 g/mol. The molecule has 0 aromatic heterocycles. The summed E-state index contributed by atoms with van der Waals surface area (Å²) in [5, 5.41) is 0. The number of rotatable bonds is 2. The Balaban J connectivity index is 1.79. The van der Waals surface area contributed by atoms with Crippen LogP contribution in [-0.4, -0.2) is 54.4 Å². The van der Waals surface area contributed by atoms with Crippen molar-refractivity contribution in [2.24, 2.45) is 0 Å². The Labute approximate surface area is 123 Å². The number of nitrogens with zero attached hydrogens (tertiary/aromatic N) is 2. The highest BCUT2D eigenvalue weighted by Crippen LogP contribution is 2.28. The predicted molar refractivity (Wildman–Crippen MR) is 78.0 cm³/mol. The van der Waals surface area contributed by atoms with Crippen molar-refractivity contribution in [3.8, 4) is 5.75 Å². The van der Waals surface area contributed by atoms with Crippen LogP contribution in [0.4, 0.5) is 5.69 Å². The van der Waals surface area contributed by atoms with Gasteiger partial charge < -0.3 is 20.3 Å².